The van der Waals surface area contributed by atoms with Gasteiger partial charge in [-0.2, -0.15) is 5.26 Å². The number of nitrogens with zero attached hydrogens (tertiary/aromatic N) is 3. The SMILES string of the molecule is CC(C)OC(=O)N1CCC2(CCc3cc(-c4ccc(NC(=O)N5CCOCC5)cc4)c(C#N)cc3O2)CC1. The Morgan fingerprint density at radius 2 is 1.74 bits per heavy atom. The van der Waals surface area contributed by atoms with Crippen LogP contribution in [-0.4, -0.2) is 73.0 Å². The van der Waals surface area contributed by atoms with Crippen molar-refractivity contribution in [2.75, 3.05) is 44.7 Å². The average molecular weight is 519 g/mol. The van der Waals surface area contributed by atoms with Crippen LogP contribution >= 0.6 is 0 Å². The second-order valence-electron chi connectivity index (χ2n) is 10.4. The first kappa shape index (κ1) is 25.9. The first-order valence-corrected chi connectivity index (χ1v) is 13.3. The number of nitrogens with one attached hydrogen (secondary N) is 1. The molecule has 3 heterocycles. The molecular formula is C29H34N4O5. The van der Waals surface area contributed by atoms with Gasteiger partial charge < -0.3 is 29.3 Å². The molecule has 0 saturated carbocycles. The quantitative estimate of drug-likeness (QED) is 0.626. The number of carbonyl (C=O) groups is 2. The van der Waals surface area contributed by atoms with Crippen molar-refractivity contribution in [2.24, 2.45) is 0 Å². The Labute approximate surface area is 223 Å². The molecule has 0 radical (unpaired) electrons. The van der Waals surface area contributed by atoms with Gasteiger partial charge in [0.25, 0.3) is 0 Å². The second-order valence-corrected chi connectivity index (χ2v) is 10.4. The van der Waals surface area contributed by atoms with Crippen molar-refractivity contribution in [1.82, 2.24) is 9.80 Å². The van der Waals surface area contributed by atoms with Gasteiger partial charge in [-0.25, -0.2) is 9.59 Å². The van der Waals surface area contributed by atoms with Crippen molar-refractivity contribution in [2.45, 2.75) is 51.2 Å². The highest BCUT2D eigenvalue weighted by molar-refractivity contribution is 5.90. The van der Waals surface area contributed by atoms with Gasteiger partial charge in [-0.1, -0.05) is 12.1 Å². The van der Waals surface area contributed by atoms with Crippen LogP contribution in [0, 0.1) is 11.3 Å². The molecule has 2 fully saturated rings. The van der Waals surface area contributed by atoms with Gasteiger partial charge in [0, 0.05) is 44.7 Å². The van der Waals surface area contributed by atoms with Gasteiger partial charge in [0.2, 0.25) is 0 Å². The maximum atomic E-state index is 12.5. The number of urea groups is 1. The van der Waals surface area contributed by atoms with E-state index in [-0.39, 0.29) is 23.8 Å². The van der Waals surface area contributed by atoms with E-state index in [4.69, 9.17) is 14.2 Å². The maximum absolute atomic E-state index is 12.5. The van der Waals surface area contributed by atoms with Gasteiger partial charge in [0.1, 0.15) is 11.4 Å². The number of aryl methyl sites for hydroxylation is 1. The smallest absolute Gasteiger partial charge is 0.410 e. The number of morpholine rings is 1. The summed E-state index contributed by atoms with van der Waals surface area (Å²) >= 11 is 0. The Bertz CT molecular complexity index is 1220. The summed E-state index contributed by atoms with van der Waals surface area (Å²) in [7, 11) is 0. The molecule has 38 heavy (non-hydrogen) atoms. The van der Waals surface area contributed by atoms with Crippen LogP contribution in [0.25, 0.3) is 11.1 Å². The van der Waals surface area contributed by atoms with Crippen LogP contribution in [0.5, 0.6) is 5.75 Å². The van der Waals surface area contributed by atoms with E-state index in [2.05, 4.69) is 17.5 Å². The van der Waals surface area contributed by atoms with Crippen LogP contribution in [0.4, 0.5) is 15.3 Å². The van der Waals surface area contributed by atoms with Gasteiger partial charge in [-0.3, -0.25) is 0 Å². The number of carbonyl (C=O) groups excluding carboxylic acids is 2. The average Bonchev–Trinajstić information content (AvgIpc) is 2.93. The minimum absolute atomic E-state index is 0.138. The van der Waals surface area contributed by atoms with Crippen molar-refractivity contribution in [3.8, 4) is 22.9 Å². The number of ether oxygens (including phenoxy) is 3. The zero-order chi connectivity index (χ0) is 26.7. The molecule has 1 spiro atoms. The number of anilines is 1. The monoisotopic (exact) mass is 518 g/mol. The van der Waals surface area contributed by atoms with Crippen LogP contribution < -0.4 is 10.1 Å². The van der Waals surface area contributed by atoms with Gasteiger partial charge in [-0.15, -0.1) is 0 Å². The number of hydrogen-bond donors (Lipinski definition) is 1. The predicted molar refractivity (Wildman–Crippen MR) is 142 cm³/mol. The van der Waals surface area contributed by atoms with E-state index >= 15 is 0 Å². The van der Waals surface area contributed by atoms with Gasteiger partial charge in [-0.05, 0) is 67.6 Å². The van der Waals surface area contributed by atoms with Crippen LogP contribution in [0.1, 0.15) is 44.2 Å². The number of benzene rings is 2. The number of piperidine rings is 1. The fourth-order valence-electron chi connectivity index (χ4n) is 5.32. The van der Waals surface area contributed by atoms with Crippen molar-refractivity contribution in [3.63, 3.8) is 0 Å². The van der Waals surface area contributed by atoms with Crippen molar-refractivity contribution >= 4 is 17.8 Å². The van der Waals surface area contributed by atoms with Crippen molar-refractivity contribution in [1.29, 1.82) is 5.26 Å². The van der Waals surface area contributed by atoms with E-state index in [0.29, 0.717) is 50.6 Å². The van der Waals surface area contributed by atoms with Gasteiger partial charge >= 0.3 is 12.1 Å². The Kier molecular flexibility index (Phi) is 7.43. The Morgan fingerprint density at radius 1 is 1.03 bits per heavy atom. The first-order chi connectivity index (χ1) is 18.4. The Balaban J connectivity index is 1.27. The van der Waals surface area contributed by atoms with Crippen LogP contribution in [-0.2, 0) is 15.9 Å². The lowest BCUT2D eigenvalue weighted by Crippen LogP contribution is -2.51. The molecule has 0 atom stereocenters. The highest BCUT2D eigenvalue weighted by atomic mass is 16.6. The topological polar surface area (TPSA) is 104 Å². The number of amides is 3. The molecule has 9 heteroatoms. The molecule has 3 aliphatic rings. The number of hydrogen-bond acceptors (Lipinski definition) is 6. The molecule has 3 amide bonds. The standard InChI is InChI=1S/C29H34N4O5/c1-20(2)37-28(35)33-11-9-29(10-12-33)8-7-22-17-25(23(19-30)18-26(22)38-29)21-3-5-24(6-4-21)31-27(34)32-13-15-36-16-14-32/h3-6,17-18,20H,7-16H2,1-2H3,(H,31,34). The Hall–Kier alpha value is -3.77. The minimum Gasteiger partial charge on any atom is -0.487 e. The van der Waals surface area contributed by atoms with E-state index in [1.807, 2.05) is 44.2 Å². The van der Waals surface area contributed by atoms with Crippen molar-refractivity contribution < 1.29 is 23.8 Å². The van der Waals surface area contributed by atoms with Gasteiger partial charge in [0.15, 0.2) is 0 Å². The minimum atomic E-state index is -0.323. The van der Waals surface area contributed by atoms with E-state index < -0.39 is 0 Å². The van der Waals surface area contributed by atoms with Crippen LogP contribution in [0.15, 0.2) is 36.4 Å². The second kappa shape index (κ2) is 10.9. The molecular weight excluding hydrogens is 484 g/mol. The lowest BCUT2D eigenvalue weighted by molar-refractivity contribution is -0.0173. The summed E-state index contributed by atoms with van der Waals surface area (Å²) in [5.74, 6) is 0.754. The summed E-state index contributed by atoms with van der Waals surface area (Å²) in [4.78, 5) is 28.3. The summed E-state index contributed by atoms with van der Waals surface area (Å²) in [5.41, 5.74) is 3.76. The van der Waals surface area contributed by atoms with Crippen LogP contribution in [0.2, 0.25) is 0 Å². The van der Waals surface area contributed by atoms with E-state index in [1.165, 1.54) is 0 Å². The summed E-state index contributed by atoms with van der Waals surface area (Å²) in [6, 6.07) is 13.7. The van der Waals surface area contributed by atoms with Gasteiger partial charge in [0.05, 0.1) is 31.0 Å². The summed E-state index contributed by atoms with van der Waals surface area (Å²) < 4.78 is 17.2. The molecule has 9 nitrogen and oxygen atoms in total. The third-order valence-electron chi connectivity index (χ3n) is 7.51. The molecule has 0 unspecified atom stereocenters. The van der Waals surface area contributed by atoms with E-state index in [9.17, 15) is 14.9 Å². The number of rotatable bonds is 3. The lowest BCUT2D eigenvalue weighted by atomic mass is 9.82. The molecule has 200 valence electrons. The molecule has 0 aliphatic carbocycles. The number of likely N-dealkylation sites (tertiary alicyclic amines) is 1. The molecule has 2 aromatic carbocycles. The molecule has 0 bridgehead atoms. The normalized spacial score (nSPS) is 18.4. The third kappa shape index (κ3) is 5.55. The zero-order valence-electron chi connectivity index (χ0n) is 22.0. The predicted octanol–water partition coefficient (Wildman–Crippen LogP) is 4.79. The fourth-order valence-corrected chi connectivity index (χ4v) is 5.32. The molecule has 2 saturated heterocycles. The van der Waals surface area contributed by atoms with Crippen molar-refractivity contribution in [3.05, 3.63) is 47.5 Å². The molecule has 2 aromatic rings. The number of fused-ring (bicyclic) bond motifs is 1. The fraction of sp³-hybridized carbons (Fsp3) is 0.483. The highest BCUT2D eigenvalue weighted by Gasteiger charge is 2.41. The number of nitriles is 1. The molecule has 1 N–H and O–H groups in total. The highest BCUT2D eigenvalue weighted by Crippen LogP contribution is 2.42. The zero-order valence-corrected chi connectivity index (χ0v) is 22.0. The third-order valence-corrected chi connectivity index (χ3v) is 7.51. The maximum Gasteiger partial charge on any atom is 0.410 e. The molecule has 0 aromatic heterocycles. The lowest BCUT2D eigenvalue weighted by Gasteiger charge is -2.44. The summed E-state index contributed by atoms with van der Waals surface area (Å²) in [5, 5.41) is 12.9. The largest absolute Gasteiger partial charge is 0.487 e. The summed E-state index contributed by atoms with van der Waals surface area (Å²) in [6.07, 6.45) is 2.78. The molecule has 3 aliphatic heterocycles. The Morgan fingerprint density at radius 3 is 2.39 bits per heavy atom. The van der Waals surface area contributed by atoms with E-state index in [1.54, 1.807) is 9.80 Å². The van der Waals surface area contributed by atoms with Crippen LogP contribution in [0.3, 0.4) is 0 Å². The first-order valence-electron chi connectivity index (χ1n) is 13.3. The summed E-state index contributed by atoms with van der Waals surface area (Å²) in [6.45, 7) is 7.16. The van der Waals surface area contributed by atoms with E-state index in [0.717, 1.165) is 48.1 Å². The molecule has 5 rings (SSSR count).